The van der Waals surface area contributed by atoms with Crippen molar-refractivity contribution < 1.29 is 0 Å². The van der Waals surface area contributed by atoms with Crippen LogP contribution in [0.5, 0.6) is 0 Å². The van der Waals surface area contributed by atoms with Crippen LogP contribution in [0.25, 0.3) is 0 Å². The van der Waals surface area contributed by atoms with E-state index in [1.54, 1.807) is 0 Å². The number of anilines is 2. The second kappa shape index (κ2) is 2.94. The molecule has 4 heteroatoms. The van der Waals surface area contributed by atoms with Gasteiger partial charge >= 0.3 is 0 Å². The van der Waals surface area contributed by atoms with Crippen molar-refractivity contribution in [2.45, 2.75) is 19.8 Å². The normalized spacial score (nSPS) is 16.9. The number of hydrogen-bond donors (Lipinski definition) is 1. The molecule has 0 saturated carbocycles. The van der Waals surface area contributed by atoms with Crippen molar-refractivity contribution in [1.29, 1.82) is 0 Å². The van der Waals surface area contributed by atoms with Crippen molar-refractivity contribution >= 4 is 11.5 Å². The molecule has 2 heterocycles. The summed E-state index contributed by atoms with van der Waals surface area (Å²) < 4.78 is 1.85. The van der Waals surface area contributed by atoms with E-state index in [2.05, 4.69) is 10.00 Å². The van der Waals surface area contributed by atoms with Crippen LogP contribution in [-0.2, 0) is 7.05 Å². The summed E-state index contributed by atoms with van der Waals surface area (Å²) in [5, 5.41) is 4.41. The van der Waals surface area contributed by atoms with E-state index < -0.39 is 0 Å². The van der Waals surface area contributed by atoms with Crippen molar-refractivity contribution in [2.24, 2.45) is 7.05 Å². The molecule has 0 spiro atoms. The van der Waals surface area contributed by atoms with Gasteiger partial charge in [-0.05, 0) is 19.8 Å². The smallest absolute Gasteiger partial charge is 0.174 e. The number of nitrogen functional groups attached to an aromatic ring is 1. The minimum absolute atomic E-state index is 0.837. The summed E-state index contributed by atoms with van der Waals surface area (Å²) in [6.45, 7) is 4.20. The van der Waals surface area contributed by atoms with Crippen LogP contribution in [0.3, 0.4) is 0 Å². The van der Waals surface area contributed by atoms with Gasteiger partial charge in [0.2, 0.25) is 0 Å². The molecule has 0 aliphatic carbocycles. The molecule has 0 atom stereocenters. The van der Waals surface area contributed by atoms with E-state index in [4.69, 9.17) is 5.73 Å². The number of aromatic nitrogens is 2. The van der Waals surface area contributed by atoms with Crippen molar-refractivity contribution in [1.82, 2.24) is 9.78 Å². The maximum atomic E-state index is 5.96. The first-order chi connectivity index (χ1) is 6.20. The maximum absolute atomic E-state index is 5.96. The summed E-state index contributed by atoms with van der Waals surface area (Å²) in [5.41, 5.74) is 7.85. The monoisotopic (exact) mass is 180 g/mol. The molecule has 0 aromatic carbocycles. The van der Waals surface area contributed by atoms with Crippen LogP contribution >= 0.6 is 0 Å². The van der Waals surface area contributed by atoms with Gasteiger partial charge in [0, 0.05) is 20.1 Å². The SMILES string of the molecule is Cc1c(N)c(N2CCCC2)nn1C. The lowest BCUT2D eigenvalue weighted by Crippen LogP contribution is -2.19. The lowest BCUT2D eigenvalue weighted by atomic mass is 10.3. The van der Waals surface area contributed by atoms with Crippen LogP contribution < -0.4 is 10.6 Å². The highest BCUT2D eigenvalue weighted by Crippen LogP contribution is 2.27. The summed E-state index contributed by atoms with van der Waals surface area (Å²) in [5.74, 6) is 0.970. The Hall–Kier alpha value is -1.19. The molecule has 2 rings (SSSR count). The predicted molar refractivity (Wildman–Crippen MR) is 53.8 cm³/mol. The first kappa shape index (κ1) is 8.41. The van der Waals surface area contributed by atoms with Crippen molar-refractivity contribution in [2.75, 3.05) is 23.7 Å². The molecular weight excluding hydrogens is 164 g/mol. The van der Waals surface area contributed by atoms with E-state index in [0.717, 1.165) is 30.3 Å². The molecule has 1 aromatic heterocycles. The molecule has 1 aliphatic heterocycles. The van der Waals surface area contributed by atoms with Gasteiger partial charge < -0.3 is 10.6 Å². The molecule has 2 N–H and O–H groups in total. The number of hydrogen-bond acceptors (Lipinski definition) is 3. The highest BCUT2D eigenvalue weighted by atomic mass is 15.4. The fourth-order valence-corrected chi connectivity index (χ4v) is 1.77. The Kier molecular flexibility index (Phi) is 1.90. The van der Waals surface area contributed by atoms with Gasteiger partial charge in [0.15, 0.2) is 5.82 Å². The lowest BCUT2D eigenvalue weighted by Gasteiger charge is -2.14. The van der Waals surface area contributed by atoms with Crippen LogP contribution in [0, 0.1) is 6.92 Å². The van der Waals surface area contributed by atoms with Crippen LogP contribution in [0.4, 0.5) is 11.5 Å². The summed E-state index contributed by atoms with van der Waals surface area (Å²) >= 11 is 0. The first-order valence-electron chi connectivity index (χ1n) is 4.74. The van der Waals surface area contributed by atoms with Crippen molar-refractivity contribution in [3.05, 3.63) is 5.69 Å². The van der Waals surface area contributed by atoms with E-state index in [1.807, 2.05) is 18.7 Å². The summed E-state index contributed by atoms with van der Waals surface area (Å²) in [6, 6.07) is 0. The van der Waals surface area contributed by atoms with Crippen molar-refractivity contribution in [3.8, 4) is 0 Å². The van der Waals surface area contributed by atoms with Gasteiger partial charge in [-0.15, -0.1) is 0 Å². The fraction of sp³-hybridized carbons (Fsp3) is 0.667. The molecule has 0 radical (unpaired) electrons. The maximum Gasteiger partial charge on any atom is 0.174 e. The van der Waals surface area contributed by atoms with E-state index >= 15 is 0 Å². The summed E-state index contributed by atoms with van der Waals surface area (Å²) in [6.07, 6.45) is 2.52. The van der Waals surface area contributed by atoms with Gasteiger partial charge in [0.25, 0.3) is 0 Å². The molecule has 13 heavy (non-hydrogen) atoms. The van der Waals surface area contributed by atoms with Gasteiger partial charge in [-0.2, -0.15) is 5.10 Å². The highest BCUT2D eigenvalue weighted by Gasteiger charge is 2.19. The van der Waals surface area contributed by atoms with Crippen LogP contribution in [0.15, 0.2) is 0 Å². The molecule has 1 fully saturated rings. The molecule has 1 saturated heterocycles. The Balaban J connectivity index is 2.34. The van der Waals surface area contributed by atoms with Crippen LogP contribution in [-0.4, -0.2) is 22.9 Å². The third-order valence-electron chi connectivity index (χ3n) is 2.77. The van der Waals surface area contributed by atoms with Crippen LogP contribution in [0.2, 0.25) is 0 Å². The molecule has 0 bridgehead atoms. The zero-order valence-electron chi connectivity index (χ0n) is 8.25. The van der Waals surface area contributed by atoms with Crippen LogP contribution in [0.1, 0.15) is 18.5 Å². The number of nitrogens with zero attached hydrogens (tertiary/aromatic N) is 3. The highest BCUT2D eigenvalue weighted by molar-refractivity contribution is 5.65. The van der Waals surface area contributed by atoms with Gasteiger partial charge in [-0.1, -0.05) is 0 Å². The van der Waals surface area contributed by atoms with E-state index in [-0.39, 0.29) is 0 Å². The molecule has 1 aromatic rings. The zero-order valence-corrected chi connectivity index (χ0v) is 8.25. The van der Waals surface area contributed by atoms with Crippen molar-refractivity contribution in [3.63, 3.8) is 0 Å². The number of aryl methyl sites for hydroxylation is 1. The standard InChI is InChI=1S/C9H16N4/c1-7-8(10)9(11-12(7)2)13-5-3-4-6-13/h3-6,10H2,1-2H3. The van der Waals surface area contributed by atoms with E-state index in [0.29, 0.717) is 0 Å². The Labute approximate surface area is 78.3 Å². The van der Waals surface area contributed by atoms with Gasteiger partial charge in [0.1, 0.15) is 0 Å². The second-order valence-corrected chi connectivity index (χ2v) is 3.64. The molecule has 4 nitrogen and oxygen atoms in total. The molecular formula is C9H16N4. The zero-order chi connectivity index (χ0) is 9.42. The van der Waals surface area contributed by atoms with Gasteiger partial charge in [0.05, 0.1) is 11.4 Å². The number of rotatable bonds is 1. The Bertz CT molecular complexity index is 310. The molecule has 1 aliphatic rings. The summed E-state index contributed by atoms with van der Waals surface area (Å²) in [7, 11) is 1.94. The van der Waals surface area contributed by atoms with Gasteiger partial charge in [-0.3, -0.25) is 4.68 Å². The minimum atomic E-state index is 0.837. The minimum Gasteiger partial charge on any atom is -0.394 e. The molecule has 0 amide bonds. The van der Waals surface area contributed by atoms with E-state index in [9.17, 15) is 0 Å². The predicted octanol–water partition coefficient (Wildman–Crippen LogP) is 0.911. The fourth-order valence-electron chi connectivity index (χ4n) is 1.77. The largest absolute Gasteiger partial charge is 0.394 e. The Morgan fingerprint density at radius 2 is 1.92 bits per heavy atom. The third-order valence-corrected chi connectivity index (χ3v) is 2.77. The average molecular weight is 180 g/mol. The topological polar surface area (TPSA) is 47.1 Å². The summed E-state index contributed by atoms with van der Waals surface area (Å²) in [4.78, 5) is 2.27. The first-order valence-corrected chi connectivity index (χ1v) is 4.74. The Morgan fingerprint density at radius 3 is 2.38 bits per heavy atom. The lowest BCUT2D eigenvalue weighted by molar-refractivity contribution is 0.731. The molecule has 0 unspecified atom stereocenters. The number of nitrogens with two attached hydrogens (primary N) is 1. The van der Waals surface area contributed by atoms with Gasteiger partial charge in [-0.25, -0.2) is 0 Å². The molecule has 72 valence electrons. The third kappa shape index (κ3) is 1.26. The Morgan fingerprint density at radius 1 is 1.31 bits per heavy atom. The quantitative estimate of drug-likeness (QED) is 0.698. The second-order valence-electron chi connectivity index (χ2n) is 3.64. The van der Waals surface area contributed by atoms with E-state index in [1.165, 1.54) is 12.8 Å². The average Bonchev–Trinajstić information content (AvgIpc) is 2.70.